The predicted octanol–water partition coefficient (Wildman–Crippen LogP) is 2.11. The number of aryl methyl sites for hydroxylation is 1. The zero-order chi connectivity index (χ0) is 19.1. The van der Waals surface area contributed by atoms with Crippen LogP contribution in [-0.2, 0) is 11.2 Å². The number of rotatable bonds is 6. The molecule has 2 aromatic rings. The maximum absolute atomic E-state index is 12.4. The fourth-order valence-corrected chi connectivity index (χ4v) is 3.34. The highest BCUT2D eigenvalue weighted by Crippen LogP contribution is 2.08. The molecular formula is C22H27N3O2. The largest absolute Gasteiger partial charge is 0.343 e. The molecule has 0 bridgehead atoms. The van der Waals surface area contributed by atoms with E-state index in [0.29, 0.717) is 18.7 Å². The van der Waals surface area contributed by atoms with Crippen LogP contribution in [0.3, 0.4) is 0 Å². The summed E-state index contributed by atoms with van der Waals surface area (Å²) in [6.45, 7) is 6.15. The van der Waals surface area contributed by atoms with Crippen molar-refractivity contribution in [2.24, 2.45) is 0 Å². The van der Waals surface area contributed by atoms with Gasteiger partial charge in [-0.05, 0) is 30.5 Å². The van der Waals surface area contributed by atoms with Crippen LogP contribution in [0.5, 0.6) is 0 Å². The van der Waals surface area contributed by atoms with Crippen LogP contribution in [0.15, 0.2) is 54.6 Å². The van der Waals surface area contributed by atoms with Gasteiger partial charge in [-0.3, -0.25) is 14.5 Å². The first-order valence-electron chi connectivity index (χ1n) is 9.51. The number of piperazine rings is 1. The summed E-state index contributed by atoms with van der Waals surface area (Å²) in [6.07, 6.45) is 1.03. The number of carbonyl (C=O) groups excluding carboxylic acids is 2. The number of nitrogens with one attached hydrogen (secondary N) is 1. The number of hydrogen-bond donors (Lipinski definition) is 1. The van der Waals surface area contributed by atoms with Gasteiger partial charge in [0, 0.05) is 38.3 Å². The molecule has 2 aromatic carbocycles. The Balaban J connectivity index is 1.39. The third-order valence-corrected chi connectivity index (χ3v) is 5.07. The van der Waals surface area contributed by atoms with Crippen molar-refractivity contribution in [1.29, 1.82) is 0 Å². The van der Waals surface area contributed by atoms with Crippen molar-refractivity contribution in [3.8, 4) is 0 Å². The van der Waals surface area contributed by atoms with Crippen molar-refractivity contribution >= 4 is 11.8 Å². The lowest BCUT2D eigenvalue weighted by molar-refractivity contribution is -0.131. The van der Waals surface area contributed by atoms with E-state index in [4.69, 9.17) is 0 Å². The molecule has 1 heterocycles. The van der Waals surface area contributed by atoms with Gasteiger partial charge in [-0.1, -0.05) is 48.5 Å². The molecule has 27 heavy (non-hydrogen) atoms. The SMILES string of the molecule is Cc1ccccc1C(=O)NCC(=O)N1CCN(CCc2ccccc2)CC1. The minimum absolute atomic E-state index is 0.0142. The molecule has 142 valence electrons. The second kappa shape index (κ2) is 9.33. The lowest BCUT2D eigenvalue weighted by atomic mass is 10.1. The van der Waals surface area contributed by atoms with Crippen LogP contribution in [0.4, 0.5) is 0 Å². The molecule has 1 N–H and O–H groups in total. The molecule has 0 spiro atoms. The molecule has 3 rings (SSSR count). The van der Waals surface area contributed by atoms with E-state index < -0.39 is 0 Å². The molecule has 5 heteroatoms. The van der Waals surface area contributed by atoms with Crippen LogP contribution in [0.2, 0.25) is 0 Å². The fourth-order valence-electron chi connectivity index (χ4n) is 3.34. The monoisotopic (exact) mass is 365 g/mol. The van der Waals surface area contributed by atoms with E-state index in [2.05, 4.69) is 34.5 Å². The van der Waals surface area contributed by atoms with Crippen LogP contribution >= 0.6 is 0 Å². The Morgan fingerprint density at radius 3 is 2.30 bits per heavy atom. The normalized spacial score (nSPS) is 14.8. The van der Waals surface area contributed by atoms with Crippen molar-refractivity contribution < 1.29 is 9.59 Å². The first kappa shape index (κ1) is 19.1. The summed E-state index contributed by atoms with van der Waals surface area (Å²) >= 11 is 0. The Morgan fingerprint density at radius 2 is 1.59 bits per heavy atom. The lowest BCUT2D eigenvalue weighted by Crippen LogP contribution is -2.51. The quantitative estimate of drug-likeness (QED) is 0.853. The van der Waals surface area contributed by atoms with Gasteiger partial charge in [0.15, 0.2) is 0 Å². The predicted molar refractivity (Wildman–Crippen MR) is 107 cm³/mol. The summed E-state index contributed by atoms with van der Waals surface area (Å²) < 4.78 is 0. The molecule has 1 saturated heterocycles. The second-order valence-electron chi connectivity index (χ2n) is 6.96. The first-order chi connectivity index (χ1) is 13.1. The van der Waals surface area contributed by atoms with Crippen LogP contribution < -0.4 is 5.32 Å². The molecule has 1 fully saturated rings. The molecular weight excluding hydrogens is 338 g/mol. The molecule has 0 aliphatic carbocycles. The minimum atomic E-state index is -0.192. The second-order valence-corrected chi connectivity index (χ2v) is 6.96. The summed E-state index contributed by atoms with van der Waals surface area (Å²) in [5, 5.41) is 2.75. The molecule has 0 saturated carbocycles. The lowest BCUT2D eigenvalue weighted by Gasteiger charge is -2.34. The highest BCUT2D eigenvalue weighted by Gasteiger charge is 2.21. The molecule has 1 aliphatic rings. The van der Waals surface area contributed by atoms with Crippen LogP contribution in [0.1, 0.15) is 21.5 Å². The zero-order valence-electron chi connectivity index (χ0n) is 15.9. The van der Waals surface area contributed by atoms with E-state index in [0.717, 1.165) is 31.6 Å². The maximum atomic E-state index is 12.4. The average molecular weight is 365 g/mol. The summed E-state index contributed by atoms with van der Waals surface area (Å²) in [5.41, 5.74) is 2.88. The summed E-state index contributed by atoms with van der Waals surface area (Å²) in [7, 11) is 0. The molecule has 1 aliphatic heterocycles. The smallest absolute Gasteiger partial charge is 0.251 e. The van der Waals surface area contributed by atoms with Crippen molar-refractivity contribution in [1.82, 2.24) is 15.1 Å². The Bertz CT molecular complexity index is 768. The van der Waals surface area contributed by atoms with E-state index in [1.54, 1.807) is 6.07 Å². The molecule has 0 unspecified atom stereocenters. The number of benzene rings is 2. The van der Waals surface area contributed by atoms with Crippen molar-refractivity contribution in [3.63, 3.8) is 0 Å². The standard InChI is InChI=1S/C22H27N3O2/c1-18-7-5-6-10-20(18)22(27)23-17-21(26)25-15-13-24(14-16-25)12-11-19-8-3-2-4-9-19/h2-10H,11-17H2,1H3,(H,23,27). The van der Waals surface area contributed by atoms with Crippen molar-refractivity contribution in [3.05, 3.63) is 71.3 Å². The van der Waals surface area contributed by atoms with Gasteiger partial charge in [0.1, 0.15) is 0 Å². The third kappa shape index (κ3) is 5.41. The van der Waals surface area contributed by atoms with Gasteiger partial charge in [0.2, 0.25) is 5.91 Å². The van der Waals surface area contributed by atoms with Crippen LogP contribution in [-0.4, -0.2) is 60.9 Å². The molecule has 0 radical (unpaired) electrons. The number of nitrogens with zero attached hydrogens (tertiary/aromatic N) is 2. The van der Waals surface area contributed by atoms with E-state index in [1.807, 2.05) is 36.1 Å². The van der Waals surface area contributed by atoms with Gasteiger partial charge in [-0.15, -0.1) is 0 Å². The van der Waals surface area contributed by atoms with Gasteiger partial charge in [-0.2, -0.15) is 0 Å². The van der Waals surface area contributed by atoms with Gasteiger partial charge >= 0.3 is 0 Å². The molecule has 5 nitrogen and oxygen atoms in total. The Morgan fingerprint density at radius 1 is 0.926 bits per heavy atom. The topological polar surface area (TPSA) is 52.7 Å². The van der Waals surface area contributed by atoms with Crippen molar-refractivity contribution in [2.75, 3.05) is 39.3 Å². The van der Waals surface area contributed by atoms with Gasteiger partial charge < -0.3 is 10.2 Å². The Kier molecular flexibility index (Phi) is 6.60. The minimum Gasteiger partial charge on any atom is -0.343 e. The van der Waals surface area contributed by atoms with Crippen molar-refractivity contribution in [2.45, 2.75) is 13.3 Å². The summed E-state index contributed by atoms with van der Waals surface area (Å²) in [5.74, 6) is -0.206. The van der Waals surface area contributed by atoms with Gasteiger partial charge in [0.05, 0.1) is 6.54 Å². The van der Waals surface area contributed by atoms with E-state index in [9.17, 15) is 9.59 Å². The van der Waals surface area contributed by atoms with Crippen LogP contribution in [0, 0.1) is 6.92 Å². The van der Waals surface area contributed by atoms with E-state index in [1.165, 1.54) is 5.56 Å². The highest BCUT2D eigenvalue weighted by atomic mass is 16.2. The van der Waals surface area contributed by atoms with Gasteiger partial charge in [-0.25, -0.2) is 0 Å². The third-order valence-electron chi connectivity index (χ3n) is 5.07. The van der Waals surface area contributed by atoms with Crippen LogP contribution in [0.25, 0.3) is 0 Å². The molecule has 0 aromatic heterocycles. The molecule has 2 amide bonds. The van der Waals surface area contributed by atoms with E-state index >= 15 is 0 Å². The van der Waals surface area contributed by atoms with E-state index in [-0.39, 0.29) is 18.4 Å². The van der Waals surface area contributed by atoms with Gasteiger partial charge in [0.25, 0.3) is 5.91 Å². The number of amides is 2. The summed E-state index contributed by atoms with van der Waals surface area (Å²) in [4.78, 5) is 28.9. The number of carbonyl (C=O) groups is 2. The Labute approximate surface area is 161 Å². The first-order valence-corrected chi connectivity index (χ1v) is 9.51. The fraction of sp³-hybridized carbons (Fsp3) is 0.364. The zero-order valence-corrected chi connectivity index (χ0v) is 15.9. The summed E-state index contributed by atoms with van der Waals surface area (Å²) in [6, 6.07) is 17.9. The molecule has 0 atom stereocenters. The maximum Gasteiger partial charge on any atom is 0.251 e. The Hall–Kier alpha value is -2.66. The number of hydrogen-bond acceptors (Lipinski definition) is 3. The average Bonchev–Trinajstić information content (AvgIpc) is 2.72. The highest BCUT2D eigenvalue weighted by molar-refractivity contribution is 5.97.